The summed E-state index contributed by atoms with van der Waals surface area (Å²) in [6, 6.07) is 0. The number of hydrogen-bond acceptors (Lipinski definition) is 8. The van der Waals surface area contributed by atoms with Crippen molar-refractivity contribution >= 4 is 20.2 Å². The third kappa shape index (κ3) is 22.6. The van der Waals surface area contributed by atoms with E-state index in [2.05, 4.69) is 9.47 Å². The minimum atomic E-state index is -4.15. The van der Waals surface area contributed by atoms with Crippen molar-refractivity contribution in [2.45, 2.75) is 0 Å². The maximum atomic E-state index is 9.55. The molecule has 0 N–H and O–H groups in total. The average molecular weight is 250 g/mol. The van der Waals surface area contributed by atoms with Crippen LogP contribution < -0.4 is 0 Å². The molecule has 0 aromatic carbocycles. The molecule has 0 saturated heterocycles. The lowest BCUT2D eigenvalue weighted by Crippen LogP contribution is -2.04. The molecule has 0 fully saturated rings. The van der Waals surface area contributed by atoms with Crippen molar-refractivity contribution < 1.29 is 35.4 Å². The summed E-state index contributed by atoms with van der Waals surface area (Å²) in [5, 5.41) is 0. The number of hydrogen-bond donors (Lipinski definition) is 0. The number of ether oxygens (including phenoxy) is 2. The highest BCUT2D eigenvalue weighted by Crippen LogP contribution is 1.78. The predicted molar refractivity (Wildman–Crippen MR) is 43.1 cm³/mol. The Balaban J connectivity index is 0. The van der Waals surface area contributed by atoms with Crippen LogP contribution in [0.25, 0.3) is 0 Å². The van der Waals surface area contributed by atoms with Gasteiger partial charge in [0.25, 0.3) is 0 Å². The van der Waals surface area contributed by atoms with Gasteiger partial charge in [-0.1, -0.05) is 0 Å². The highest BCUT2D eigenvalue weighted by molar-refractivity contribution is 7.85. The highest BCUT2D eigenvalue weighted by Gasteiger charge is 1.87. The highest BCUT2D eigenvalue weighted by atomic mass is 32.2. The van der Waals surface area contributed by atoms with Crippen LogP contribution in [0.1, 0.15) is 0 Å². The molecule has 0 amide bonds. The van der Waals surface area contributed by atoms with Crippen LogP contribution in [0.2, 0.25) is 0 Å². The van der Waals surface area contributed by atoms with Gasteiger partial charge in [0, 0.05) is 14.2 Å². The van der Waals surface area contributed by atoms with E-state index in [0.29, 0.717) is 0 Å². The summed E-state index contributed by atoms with van der Waals surface area (Å²) in [6.07, 6.45) is 0. The maximum absolute atomic E-state index is 9.55. The monoisotopic (exact) mass is 250 g/mol. The molecule has 0 atom stereocenters. The maximum Gasteiger partial charge on any atom is 0.136 e. The molecule has 8 nitrogen and oxygen atoms in total. The zero-order valence-electron chi connectivity index (χ0n) is 7.50. The van der Waals surface area contributed by atoms with Gasteiger partial charge in [-0.25, -0.2) is 16.8 Å². The molecule has 0 rings (SSSR count). The summed E-state index contributed by atoms with van der Waals surface area (Å²) in [7, 11) is -6.00. The summed E-state index contributed by atoms with van der Waals surface area (Å²) in [5.74, 6) is -1.49. The minimum absolute atomic E-state index is 0.743. The van der Waals surface area contributed by atoms with Gasteiger partial charge in [0.15, 0.2) is 0 Å². The van der Waals surface area contributed by atoms with Crippen molar-refractivity contribution in [3.05, 3.63) is 0 Å². The molecule has 0 aliphatic heterocycles. The van der Waals surface area contributed by atoms with Crippen molar-refractivity contribution in [3.8, 4) is 0 Å². The van der Waals surface area contributed by atoms with E-state index in [-0.39, 0.29) is 0 Å². The second-order valence-electron chi connectivity index (χ2n) is 1.93. The molecule has 0 radical (unpaired) electrons. The Morgan fingerprint density at radius 2 is 1.07 bits per heavy atom. The van der Waals surface area contributed by atoms with Crippen molar-refractivity contribution in [1.29, 1.82) is 0 Å². The van der Waals surface area contributed by atoms with E-state index < -0.39 is 32.1 Å². The van der Waals surface area contributed by atoms with Crippen molar-refractivity contribution in [3.63, 3.8) is 0 Å². The molecule has 0 spiro atoms. The SMILES string of the molecule is COCS(=O)(=O)[O-].COCS(=O)(=O)[O-]. The second-order valence-corrected chi connectivity index (χ2v) is 4.63. The van der Waals surface area contributed by atoms with Crippen molar-refractivity contribution in [1.82, 2.24) is 0 Å². The van der Waals surface area contributed by atoms with Gasteiger partial charge in [0.2, 0.25) is 0 Å². The Hall–Kier alpha value is -0.260. The van der Waals surface area contributed by atoms with Crippen LogP contribution in [0.15, 0.2) is 0 Å². The molecule has 0 aliphatic rings. The fourth-order valence-corrected chi connectivity index (χ4v) is 0.866. The molecule has 0 bridgehead atoms. The van der Waals surface area contributed by atoms with Crippen molar-refractivity contribution in [2.75, 3.05) is 26.1 Å². The van der Waals surface area contributed by atoms with E-state index in [9.17, 15) is 25.9 Å². The molecule has 0 heterocycles. The summed E-state index contributed by atoms with van der Waals surface area (Å²) in [5.41, 5.74) is 0. The molecule has 0 aromatic heterocycles. The Labute approximate surface area is 82.3 Å². The van der Waals surface area contributed by atoms with E-state index in [1.165, 1.54) is 0 Å². The quantitative estimate of drug-likeness (QED) is 0.537. The fourth-order valence-electron chi connectivity index (χ4n) is 0.289. The molecule has 88 valence electrons. The number of rotatable bonds is 4. The summed E-state index contributed by atoms with van der Waals surface area (Å²) < 4.78 is 65.3. The molecule has 14 heavy (non-hydrogen) atoms. The number of methoxy groups -OCH3 is 2. The average Bonchev–Trinajstić information content (AvgIpc) is 1.81. The molecule has 0 aliphatic carbocycles. The molecular weight excluding hydrogens is 240 g/mol. The van der Waals surface area contributed by atoms with E-state index in [0.717, 1.165) is 14.2 Å². The third-order valence-corrected chi connectivity index (χ3v) is 1.57. The minimum Gasteiger partial charge on any atom is -0.746 e. The zero-order valence-corrected chi connectivity index (χ0v) is 9.13. The van der Waals surface area contributed by atoms with Gasteiger partial charge in [-0.15, -0.1) is 0 Å². The van der Waals surface area contributed by atoms with Crippen LogP contribution in [-0.2, 0) is 29.7 Å². The normalized spacial score (nSPS) is 11.7. The first-order chi connectivity index (χ1) is 6.12. The lowest BCUT2D eigenvalue weighted by Gasteiger charge is -2.01. The van der Waals surface area contributed by atoms with Crippen LogP contribution in [0.4, 0.5) is 0 Å². The Kier molecular flexibility index (Phi) is 8.19. The van der Waals surface area contributed by atoms with Gasteiger partial charge in [-0.05, 0) is 0 Å². The first kappa shape index (κ1) is 16.2. The fraction of sp³-hybridized carbons (Fsp3) is 1.00. The third-order valence-electron chi connectivity index (χ3n) is 0.524. The zero-order chi connectivity index (χ0) is 11.8. The van der Waals surface area contributed by atoms with E-state index in [1.807, 2.05) is 0 Å². The molecular formula is C4H10O8S2-2. The smallest absolute Gasteiger partial charge is 0.136 e. The van der Waals surface area contributed by atoms with Crippen LogP contribution in [0.3, 0.4) is 0 Å². The Morgan fingerprint density at radius 3 is 1.07 bits per heavy atom. The van der Waals surface area contributed by atoms with E-state index in [1.54, 1.807) is 0 Å². The van der Waals surface area contributed by atoms with Crippen molar-refractivity contribution in [2.24, 2.45) is 0 Å². The van der Waals surface area contributed by atoms with Gasteiger partial charge in [-0.3, -0.25) is 0 Å². The van der Waals surface area contributed by atoms with Gasteiger partial charge in [0.1, 0.15) is 32.1 Å². The van der Waals surface area contributed by atoms with Gasteiger partial charge in [0.05, 0.1) is 0 Å². The van der Waals surface area contributed by atoms with E-state index >= 15 is 0 Å². The summed E-state index contributed by atoms with van der Waals surface area (Å²) >= 11 is 0. The first-order valence-corrected chi connectivity index (χ1v) is 6.13. The lowest BCUT2D eigenvalue weighted by molar-refractivity contribution is 0.238. The summed E-state index contributed by atoms with van der Waals surface area (Å²) in [6.45, 7) is 0. The molecule has 0 aromatic rings. The van der Waals surface area contributed by atoms with Crippen LogP contribution >= 0.6 is 0 Å². The first-order valence-electron chi connectivity index (χ1n) is 2.97. The lowest BCUT2D eigenvalue weighted by atomic mass is 11.5. The Bertz CT molecular complexity index is 279. The largest absolute Gasteiger partial charge is 0.746 e. The standard InChI is InChI=1S/2C2H6O4S/c2*1-6-2-7(3,4)5/h2*2H2,1H3,(H,3,4,5)/p-2. The molecule has 0 saturated carbocycles. The molecule has 0 unspecified atom stereocenters. The van der Waals surface area contributed by atoms with Gasteiger partial charge >= 0.3 is 0 Å². The summed E-state index contributed by atoms with van der Waals surface area (Å²) in [4.78, 5) is 0. The topological polar surface area (TPSA) is 133 Å². The van der Waals surface area contributed by atoms with Gasteiger partial charge < -0.3 is 18.6 Å². The predicted octanol–water partition coefficient (Wildman–Crippen LogP) is -1.73. The van der Waals surface area contributed by atoms with Crippen LogP contribution in [-0.4, -0.2) is 52.0 Å². The van der Waals surface area contributed by atoms with Crippen LogP contribution in [0.5, 0.6) is 0 Å². The molecule has 10 heteroatoms. The van der Waals surface area contributed by atoms with Crippen LogP contribution in [0, 0.1) is 0 Å². The van der Waals surface area contributed by atoms with E-state index in [4.69, 9.17) is 0 Å². The van der Waals surface area contributed by atoms with Gasteiger partial charge in [-0.2, -0.15) is 0 Å². The Morgan fingerprint density at radius 1 is 0.857 bits per heavy atom. The second kappa shape index (κ2) is 7.09.